The van der Waals surface area contributed by atoms with E-state index in [-0.39, 0.29) is 0 Å². The number of aromatic nitrogens is 2. The molecule has 5 heteroatoms. The van der Waals surface area contributed by atoms with Gasteiger partial charge < -0.3 is 4.42 Å². The number of aryl methyl sites for hydroxylation is 1. The van der Waals surface area contributed by atoms with Gasteiger partial charge in [0, 0.05) is 16.4 Å². The predicted octanol–water partition coefficient (Wildman–Crippen LogP) is 3.38. The van der Waals surface area contributed by atoms with E-state index in [1.807, 2.05) is 18.2 Å². The Kier molecular flexibility index (Phi) is 3.07. The van der Waals surface area contributed by atoms with Crippen molar-refractivity contribution in [1.82, 2.24) is 10.2 Å². The van der Waals surface area contributed by atoms with Gasteiger partial charge in [0.1, 0.15) is 0 Å². The van der Waals surface area contributed by atoms with Crippen LogP contribution in [0.1, 0.15) is 17.3 Å². The molecule has 0 aliphatic rings. The van der Waals surface area contributed by atoms with Crippen LogP contribution in [-0.4, -0.2) is 10.2 Å². The van der Waals surface area contributed by atoms with Crippen LogP contribution in [0.3, 0.4) is 0 Å². The third-order valence-corrected chi connectivity index (χ3v) is 2.93. The average molecular weight is 288 g/mol. The summed E-state index contributed by atoms with van der Waals surface area (Å²) in [5.41, 5.74) is 1.03. The zero-order valence-electron chi connectivity index (χ0n) is 8.00. The third kappa shape index (κ3) is 2.58. The molecule has 0 radical (unpaired) electrons. The minimum atomic E-state index is 0.572. The third-order valence-electron chi connectivity index (χ3n) is 1.92. The zero-order chi connectivity index (χ0) is 10.8. The molecule has 78 valence electrons. The first-order chi connectivity index (χ1) is 7.15. The lowest BCUT2D eigenvalue weighted by molar-refractivity contribution is 0.477. The predicted molar refractivity (Wildman–Crippen MR) is 61.0 cm³/mol. The number of hydrogen-bond acceptors (Lipinski definition) is 3. The molecule has 0 fully saturated rings. The van der Waals surface area contributed by atoms with Crippen LogP contribution >= 0.6 is 27.5 Å². The second kappa shape index (κ2) is 4.33. The van der Waals surface area contributed by atoms with Crippen molar-refractivity contribution in [3.63, 3.8) is 0 Å². The normalized spacial score (nSPS) is 10.6. The monoisotopic (exact) mass is 286 g/mol. The standard InChI is InChI=1S/C10H8BrClN2O/c1-6-13-14-10(15-6)5-7-4-8(12)2-3-9(7)11/h2-4H,5H2,1H3. The summed E-state index contributed by atoms with van der Waals surface area (Å²) >= 11 is 9.35. The Morgan fingerprint density at radius 2 is 2.20 bits per heavy atom. The maximum absolute atomic E-state index is 5.90. The Bertz CT molecular complexity index is 484. The highest BCUT2D eigenvalue weighted by molar-refractivity contribution is 9.10. The lowest BCUT2D eigenvalue weighted by atomic mass is 10.1. The van der Waals surface area contributed by atoms with E-state index in [0.717, 1.165) is 10.0 Å². The molecule has 1 aromatic heterocycles. The highest BCUT2D eigenvalue weighted by atomic mass is 79.9. The Morgan fingerprint density at radius 3 is 2.87 bits per heavy atom. The minimum absolute atomic E-state index is 0.572. The van der Waals surface area contributed by atoms with Crippen molar-refractivity contribution < 1.29 is 4.42 Å². The van der Waals surface area contributed by atoms with Gasteiger partial charge in [-0.2, -0.15) is 0 Å². The second-order valence-electron chi connectivity index (χ2n) is 3.13. The molecule has 0 bridgehead atoms. The van der Waals surface area contributed by atoms with Crippen molar-refractivity contribution in [2.75, 3.05) is 0 Å². The van der Waals surface area contributed by atoms with E-state index in [9.17, 15) is 0 Å². The number of nitrogens with zero attached hydrogens (tertiary/aromatic N) is 2. The topological polar surface area (TPSA) is 38.9 Å². The van der Waals surface area contributed by atoms with E-state index in [1.54, 1.807) is 6.92 Å². The summed E-state index contributed by atoms with van der Waals surface area (Å²) in [6.45, 7) is 1.77. The largest absolute Gasteiger partial charge is 0.425 e. The van der Waals surface area contributed by atoms with Gasteiger partial charge >= 0.3 is 0 Å². The summed E-state index contributed by atoms with van der Waals surface area (Å²) in [6, 6.07) is 5.61. The van der Waals surface area contributed by atoms with E-state index < -0.39 is 0 Å². The van der Waals surface area contributed by atoms with Crippen LogP contribution in [0.25, 0.3) is 0 Å². The Morgan fingerprint density at radius 1 is 1.40 bits per heavy atom. The molecule has 2 aromatic rings. The number of halogens is 2. The van der Waals surface area contributed by atoms with Crippen LogP contribution in [0.15, 0.2) is 27.1 Å². The number of rotatable bonds is 2. The molecule has 3 nitrogen and oxygen atoms in total. The van der Waals surface area contributed by atoms with Gasteiger partial charge in [-0.15, -0.1) is 10.2 Å². The maximum atomic E-state index is 5.90. The second-order valence-corrected chi connectivity index (χ2v) is 4.42. The van der Waals surface area contributed by atoms with Crippen LogP contribution in [0.5, 0.6) is 0 Å². The molecule has 0 saturated carbocycles. The van der Waals surface area contributed by atoms with Gasteiger partial charge in [-0.1, -0.05) is 27.5 Å². The zero-order valence-corrected chi connectivity index (χ0v) is 10.3. The van der Waals surface area contributed by atoms with Gasteiger partial charge in [0.05, 0.1) is 6.42 Å². The number of benzene rings is 1. The van der Waals surface area contributed by atoms with Gasteiger partial charge in [-0.25, -0.2) is 0 Å². The molecule has 2 rings (SSSR count). The highest BCUT2D eigenvalue weighted by Gasteiger charge is 2.07. The fourth-order valence-corrected chi connectivity index (χ4v) is 1.83. The lowest BCUT2D eigenvalue weighted by Crippen LogP contribution is -1.90. The lowest BCUT2D eigenvalue weighted by Gasteiger charge is -2.01. The summed E-state index contributed by atoms with van der Waals surface area (Å²) in [5.74, 6) is 1.17. The van der Waals surface area contributed by atoms with E-state index in [1.165, 1.54) is 0 Å². The summed E-state index contributed by atoms with van der Waals surface area (Å²) in [4.78, 5) is 0. The van der Waals surface area contributed by atoms with Crippen molar-refractivity contribution in [3.05, 3.63) is 45.0 Å². The molecule has 0 N–H and O–H groups in total. The molecule has 0 saturated heterocycles. The Labute approximate surface area is 101 Å². The molecule has 0 aliphatic carbocycles. The van der Waals surface area contributed by atoms with Crippen LogP contribution in [0.4, 0.5) is 0 Å². The summed E-state index contributed by atoms with van der Waals surface area (Å²) in [6.07, 6.45) is 0.585. The molecule has 0 amide bonds. The molecule has 0 spiro atoms. The molecule has 0 aliphatic heterocycles. The SMILES string of the molecule is Cc1nnc(Cc2cc(Cl)ccc2Br)o1. The fraction of sp³-hybridized carbons (Fsp3) is 0.200. The van der Waals surface area contributed by atoms with E-state index >= 15 is 0 Å². The van der Waals surface area contributed by atoms with Crippen LogP contribution in [0.2, 0.25) is 5.02 Å². The fourth-order valence-electron chi connectivity index (χ4n) is 1.25. The molecule has 1 heterocycles. The van der Waals surface area contributed by atoms with Crippen molar-refractivity contribution in [2.45, 2.75) is 13.3 Å². The quantitative estimate of drug-likeness (QED) is 0.850. The summed E-state index contributed by atoms with van der Waals surface area (Å²) < 4.78 is 6.28. The first-order valence-electron chi connectivity index (χ1n) is 4.38. The Hall–Kier alpha value is -0.870. The van der Waals surface area contributed by atoms with Gasteiger partial charge in [-0.3, -0.25) is 0 Å². The summed E-state index contributed by atoms with van der Waals surface area (Å²) in [5, 5.41) is 8.40. The molecular formula is C10H8BrClN2O. The molecule has 1 aromatic carbocycles. The van der Waals surface area contributed by atoms with Crippen molar-refractivity contribution in [2.24, 2.45) is 0 Å². The molecule has 0 unspecified atom stereocenters. The van der Waals surface area contributed by atoms with Gasteiger partial charge in [0.2, 0.25) is 11.8 Å². The first-order valence-corrected chi connectivity index (χ1v) is 5.55. The minimum Gasteiger partial charge on any atom is -0.425 e. The first kappa shape index (κ1) is 10.6. The van der Waals surface area contributed by atoms with Crippen LogP contribution < -0.4 is 0 Å². The van der Waals surface area contributed by atoms with Gasteiger partial charge in [-0.05, 0) is 23.8 Å². The Balaban J connectivity index is 2.27. The van der Waals surface area contributed by atoms with Crippen molar-refractivity contribution in [3.8, 4) is 0 Å². The maximum Gasteiger partial charge on any atom is 0.220 e. The smallest absolute Gasteiger partial charge is 0.220 e. The van der Waals surface area contributed by atoms with Crippen molar-refractivity contribution >= 4 is 27.5 Å². The molecule has 15 heavy (non-hydrogen) atoms. The van der Waals surface area contributed by atoms with E-state index in [2.05, 4.69) is 26.1 Å². The van der Waals surface area contributed by atoms with Crippen molar-refractivity contribution in [1.29, 1.82) is 0 Å². The molecule has 0 atom stereocenters. The highest BCUT2D eigenvalue weighted by Crippen LogP contribution is 2.23. The average Bonchev–Trinajstić information content (AvgIpc) is 2.58. The van der Waals surface area contributed by atoms with Gasteiger partial charge in [0.25, 0.3) is 0 Å². The van der Waals surface area contributed by atoms with Crippen LogP contribution in [-0.2, 0) is 6.42 Å². The van der Waals surface area contributed by atoms with E-state index in [0.29, 0.717) is 23.2 Å². The van der Waals surface area contributed by atoms with E-state index in [4.69, 9.17) is 16.0 Å². The summed E-state index contributed by atoms with van der Waals surface area (Å²) in [7, 11) is 0. The molecular weight excluding hydrogens is 279 g/mol. The van der Waals surface area contributed by atoms with Gasteiger partial charge in [0.15, 0.2) is 0 Å². The number of hydrogen-bond donors (Lipinski definition) is 0. The van der Waals surface area contributed by atoms with Crippen LogP contribution in [0, 0.1) is 6.92 Å².